The highest BCUT2D eigenvalue weighted by Crippen LogP contribution is 2.17. The molecular weight excluding hydrogens is 188 g/mol. The van der Waals surface area contributed by atoms with Crippen LogP contribution in [0.4, 0.5) is 0 Å². The molecule has 0 aromatic carbocycles. The van der Waals surface area contributed by atoms with E-state index in [-0.39, 0.29) is 0 Å². The Kier molecular flexibility index (Phi) is 2.49. The van der Waals surface area contributed by atoms with Gasteiger partial charge in [0, 0.05) is 6.20 Å². The average Bonchev–Trinajstić information content (AvgIpc) is 2.70. The molecule has 0 atom stereocenters. The number of pyridine rings is 1. The lowest BCUT2D eigenvalue weighted by molar-refractivity contribution is 0.719. The second kappa shape index (κ2) is 3.81. The molecule has 78 valence electrons. The number of aromatic nitrogens is 4. The highest BCUT2D eigenvalue weighted by molar-refractivity contribution is 5.34. The third-order valence-electron chi connectivity index (χ3n) is 2.35. The molecule has 0 spiro atoms. The van der Waals surface area contributed by atoms with E-state index in [4.69, 9.17) is 0 Å². The Morgan fingerprint density at radius 1 is 1.20 bits per heavy atom. The van der Waals surface area contributed by atoms with Crippen molar-refractivity contribution in [1.29, 1.82) is 0 Å². The fourth-order valence-corrected chi connectivity index (χ4v) is 1.44. The van der Waals surface area contributed by atoms with E-state index in [0.29, 0.717) is 5.92 Å². The quantitative estimate of drug-likeness (QED) is 0.749. The molecule has 0 saturated heterocycles. The van der Waals surface area contributed by atoms with Crippen LogP contribution in [0.15, 0.2) is 24.7 Å². The normalized spacial score (nSPS) is 10.9. The summed E-state index contributed by atoms with van der Waals surface area (Å²) in [7, 11) is 0. The maximum Gasteiger partial charge on any atom is 0.177 e. The Bertz CT molecular complexity index is 446. The summed E-state index contributed by atoms with van der Waals surface area (Å²) < 4.78 is 0. The standard InChI is InChI=1S/C11H14N4/c1-8(2)10-6-9(3)11(12-7-10)15-13-4-5-14-15/h4-8H,1-3H3. The molecule has 0 fully saturated rings. The van der Waals surface area contributed by atoms with Crippen LogP contribution < -0.4 is 0 Å². The number of nitrogens with zero attached hydrogens (tertiary/aromatic N) is 4. The van der Waals surface area contributed by atoms with E-state index in [0.717, 1.165) is 11.4 Å². The number of aryl methyl sites for hydroxylation is 1. The average molecular weight is 202 g/mol. The van der Waals surface area contributed by atoms with E-state index < -0.39 is 0 Å². The molecule has 4 heteroatoms. The topological polar surface area (TPSA) is 43.6 Å². The largest absolute Gasteiger partial charge is 0.235 e. The molecule has 0 amide bonds. The van der Waals surface area contributed by atoms with Crippen LogP contribution in [0.1, 0.15) is 30.9 Å². The van der Waals surface area contributed by atoms with E-state index in [1.165, 1.54) is 5.56 Å². The van der Waals surface area contributed by atoms with Crippen molar-refractivity contribution < 1.29 is 0 Å². The van der Waals surface area contributed by atoms with Gasteiger partial charge in [-0.3, -0.25) is 0 Å². The highest BCUT2D eigenvalue weighted by atomic mass is 15.5. The van der Waals surface area contributed by atoms with Crippen LogP contribution in [0.2, 0.25) is 0 Å². The van der Waals surface area contributed by atoms with Gasteiger partial charge in [-0.15, -0.1) is 4.80 Å². The zero-order valence-electron chi connectivity index (χ0n) is 9.18. The molecule has 0 unspecified atom stereocenters. The van der Waals surface area contributed by atoms with Crippen molar-refractivity contribution in [3.05, 3.63) is 35.8 Å². The maximum atomic E-state index is 4.38. The molecule has 0 aliphatic heterocycles. The van der Waals surface area contributed by atoms with Crippen molar-refractivity contribution in [3.63, 3.8) is 0 Å². The van der Waals surface area contributed by atoms with Gasteiger partial charge >= 0.3 is 0 Å². The second-order valence-electron chi connectivity index (χ2n) is 3.88. The van der Waals surface area contributed by atoms with Crippen LogP contribution in [-0.4, -0.2) is 20.0 Å². The number of rotatable bonds is 2. The summed E-state index contributed by atoms with van der Waals surface area (Å²) in [5.74, 6) is 1.29. The number of hydrogen-bond acceptors (Lipinski definition) is 3. The minimum atomic E-state index is 0.496. The lowest BCUT2D eigenvalue weighted by atomic mass is 10.0. The minimum Gasteiger partial charge on any atom is -0.235 e. The van der Waals surface area contributed by atoms with Gasteiger partial charge < -0.3 is 0 Å². The monoisotopic (exact) mass is 202 g/mol. The first-order valence-corrected chi connectivity index (χ1v) is 5.01. The summed E-state index contributed by atoms with van der Waals surface area (Å²) in [5, 5.41) is 8.13. The third kappa shape index (κ3) is 1.88. The first kappa shape index (κ1) is 9.83. The highest BCUT2D eigenvalue weighted by Gasteiger charge is 2.06. The van der Waals surface area contributed by atoms with E-state index in [2.05, 4.69) is 35.1 Å². The molecule has 0 aliphatic rings. The molecule has 0 radical (unpaired) electrons. The van der Waals surface area contributed by atoms with Gasteiger partial charge in [0.15, 0.2) is 5.82 Å². The van der Waals surface area contributed by atoms with Crippen LogP contribution in [0.5, 0.6) is 0 Å². The van der Waals surface area contributed by atoms with E-state index in [1.54, 1.807) is 17.2 Å². The number of hydrogen-bond donors (Lipinski definition) is 0. The van der Waals surface area contributed by atoms with Gasteiger partial charge in [-0.1, -0.05) is 19.9 Å². The third-order valence-corrected chi connectivity index (χ3v) is 2.35. The fraction of sp³-hybridized carbons (Fsp3) is 0.364. The Morgan fingerprint density at radius 2 is 1.87 bits per heavy atom. The van der Waals surface area contributed by atoms with Crippen molar-refractivity contribution in [2.45, 2.75) is 26.7 Å². The van der Waals surface area contributed by atoms with Crippen LogP contribution in [0.25, 0.3) is 5.82 Å². The van der Waals surface area contributed by atoms with Gasteiger partial charge in [0.1, 0.15) is 0 Å². The van der Waals surface area contributed by atoms with Crippen molar-refractivity contribution in [2.24, 2.45) is 0 Å². The van der Waals surface area contributed by atoms with Gasteiger partial charge in [0.05, 0.1) is 12.4 Å². The Morgan fingerprint density at radius 3 is 2.40 bits per heavy atom. The van der Waals surface area contributed by atoms with Gasteiger partial charge in [-0.2, -0.15) is 10.2 Å². The molecule has 0 aliphatic carbocycles. The predicted molar refractivity (Wildman–Crippen MR) is 58.0 cm³/mol. The summed E-state index contributed by atoms with van der Waals surface area (Å²) in [6, 6.07) is 2.14. The minimum absolute atomic E-state index is 0.496. The van der Waals surface area contributed by atoms with E-state index >= 15 is 0 Å². The van der Waals surface area contributed by atoms with Crippen LogP contribution in [0, 0.1) is 6.92 Å². The molecule has 2 aromatic rings. The molecule has 0 saturated carbocycles. The first-order valence-electron chi connectivity index (χ1n) is 5.01. The molecule has 2 aromatic heterocycles. The van der Waals surface area contributed by atoms with Gasteiger partial charge in [-0.25, -0.2) is 4.98 Å². The van der Waals surface area contributed by atoms with Crippen LogP contribution in [0.3, 0.4) is 0 Å². The molecule has 2 rings (SSSR count). The summed E-state index contributed by atoms with van der Waals surface area (Å²) in [4.78, 5) is 5.92. The van der Waals surface area contributed by atoms with Crippen molar-refractivity contribution in [1.82, 2.24) is 20.0 Å². The van der Waals surface area contributed by atoms with Gasteiger partial charge in [0.2, 0.25) is 0 Å². The molecule has 15 heavy (non-hydrogen) atoms. The summed E-state index contributed by atoms with van der Waals surface area (Å²) in [5.41, 5.74) is 2.33. The van der Waals surface area contributed by atoms with Crippen molar-refractivity contribution in [3.8, 4) is 5.82 Å². The smallest absolute Gasteiger partial charge is 0.177 e. The predicted octanol–water partition coefficient (Wildman–Crippen LogP) is 2.09. The van der Waals surface area contributed by atoms with Gasteiger partial charge in [-0.05, 0) is 24.0 Å². The Balaban J connectivity index is 2.44. The summed E-state index contributed by atoms with van der Waals surface area (Å²) in [6.45, 7) is 6.34. The lowest BCUT2D eigenvalue weighted by Crippen LogP contribution is -2.05. The Labute approximate surface area is 89.0 Å². The van der Waals surface area contributed by atoms with Gasteiger partial charge in [0.25, 0.3) is 0 Å². The summed E-state index contributed by atoms with van der Waals surface area (Å²) >= 11 is 0. The maximum absolute atomic E-state index is 4.38. The van der Waals surface area contributed by atoms with Crippen LogP contribution in [-0.2, 0) is 0 Å². The lowest BCUT2D eigenvalue weighted by Gasteiger charge is -2.08. The SMILES string of the molecule is Cc1cc(C(C)C)cnc1-n1nccn1. The molecule has 2 heterocycles. The second-order valence-corrected chi connectivity index (χ2v) is 3.88. The first-order chi connectivity index (χ1) is 7.18. The Hall–Kier alpha value is -1.71. The molecular formula is C11H14N4. The van der Waals surface area contributed by atoms with Crippen LogP contribution >= 0.6 is 0 Å². The fourth-order valence-electron chi connectivity index (χ4n) is 1.44. The van der Waals surface area contributed by atoms with Crippen molar-refractivity contribution in [2.75, 3.05) is 0 Å². The molecule has 0 bridgehead atoms. The van der Waals surface area contributed by atoms with Crippen molar-refractivity contribution >= 4 is 0 Å². The molecule has 4 nitrogen and oxygen atoms in total. The zero-order valence-corrected chi connectivity index (χ0v) is 9.18. The molecule has 0 N–H and O–H groups in total. The zero-order chi connectivity index (χ0) is 10.8. The summed E-state index contributed by atoms with van der Waals surface area (Å²) in [6.07, 6.45) is 5.19. The van der Waals surface area contributed by atoms with E-state index in [1.807, 2.05) is 13.1 Å². The van der Waals surface area contributed by atoms with E-state index in [9.17, 15) is 0 Å².